The van der Waals surface area contributed by atoms with Crippen molar-refractivity contribution in [3.05, 3.63) is 65.5 Å². The van der Waals surface area contributed by atoms with Gasteiger partial charge in [-0.05, 0) is 47.4 Å². The maximum absolute atomic E-state index is 12.6. The smallest absolute Gasteiger partial charge is 0.246 e. The van der Waals surface area contributed by atoms with Gasteiger partial charge in [-0.2, -0.15) is 0 Å². The number of anilines is 1. The molecule has 3 aromatic rings. The van der Waals surface area contributed by atoms with E-state index in [1.165, 1.54) is 0 Å². The van der Waals surface area contributed by atoms with Gasteiger partial charge in [0.1, 0.15) is 5.82 Å². The third-order valence-electron chi connectivity index (χ3n) is 5.09. The van der Waals surface area contributed by atoms with Crippen LogP contribution < -0.4 is 5.32 Å². The molecular weight excluding hydrogens is 352 g/mol. The first-order chi connectivity index (χ1) is 13.5. The molecule has 0 radical (unpaired) electrons. The van der Waals surface area contributed by atoms with Crippen LogP contribution in [0.1, 0.15) is 23.1 Å². The van der Waals surface area contributed by atoms with E-state index in [9.17, 15) is 9.59 Å². The number of hydrogen-bond donors (Lipinski definition) is 1. The third kappa shape index (κ3) is 3.53. The number of benzene rings is 1. The van der Waals surface area contributed by atoms with Crippen LogP contribution in [0.4, 0.5) is 5.82 Å². The first kappa shape index (κ1) is 18.0. The summed E-state index contributed by atoms with van der Waals surface area (Å²) in [4.78, 5) is 30.0. The highest BCUT2D eigenvalue weighted by Gasteiger charge is 2.16. The highest BCUT2D eigenvalue weighted by Crippen LogP contribution is 2.22. The maximum Gasteiger partial charge on any atom is 0.246 e. The standard InChI is InChI=1S/C22H22N4O2/c1-25-11-10-18-17(4-3-5-19(18)25)14-26(2)21(28)9-6-15-12-16-7-8-20(27)24-22(16)23-13-15/h3-6,9-13H,7-8,14H2,1-2H3,(H,23,24,27). The number of likely N-dealkylation sites (N-methyl/N-ethyl adjacent to an activating group) is 1. The fraction of sp³-hybridized carbons (Fsp3) is 0.227. The fourth-order valence-electron chi connectivity index (χ4n) is 3.50. The predicted molar refractivity (Wildman–Crippen MR) is 110 cm³/mol. The second kappa shape index (κ2) is 7.31. The number of aromatic nitrogens is 2. The summed E-state index contributed by atoms with van der Waals surface area (Å²) in [6.07, 6.45) is 8.17. The van der Waals surface area contributed by atoms with Crippen molar-refractivity contribution in [2.45, 2.75) is 19.4 Å². The first-order valence-corrected chi connectivity index (χ1v) is 9.26. The van der Waals surface area contributed by atoms with Crippen LogP contribution in [0.25, 0.3) is 17.0 Å². The van der Waals surface area contributed by atoms with Gasteiger partial charge >= 0.3 is 0 Å². The zero-order valence-corrected chi connectivity index (χ0v) is 16.0. The van der Waals surface area contributed by atoms with Gasteiger partial charge in [-0.15, -0.1) is 0 Å². The molecule has 0 unspecified atom stereocenters. The number of nitrogens with one attached hydrogen (secondary N) is 1. The third-order valence-corrected chi connectivity index (χ3v) is 5.09. The van der Waals surface area contributed by atoms with Crippen molar-refractivity contribution in [2.75, 3.05) is 12.4 Å². The Bertz CT molecular complexity index is 1100. The molecule has 1 aliphatic heterocycles. The second-order valence-electron chi connectivity index (χ2n) is 7.13. The minimum Gasteiger partial charge on any atom is -0.351 e. The number of aryl methyl sites for hydroxylation is 2. The molecule has 28 heavy (non-hydrogen) atoms. The van der Waals surface area contributed by atoms with E-state index in [0.717, 1.165) is 27.6 Å². The number of nitrogens with zero attached hydrogens (tertiary/aromatic N) is 3. The first-order valence-electron chi connectivity index (χ1n) is 9.26. The Morgan fingerprint density at radius 1 is 1.32 bits per heavy atom. The lowest BCUT2D eigenvalue weighted by molar-refractivity contribution is -0.125. The van der Waals surface area contributed by atoms with Crippen LogP contribution in [0, 0.1) is 0 Å². The molecule has 1 aliphatic rings. The summed E-state index contributed by atoms with van der Waals surface area (Å²) in [6, 6.07) is 10.2. The molecule has 0 spiro atoms. The van der Waals surface area contributed by atoms with Crippen molar-refractivity contribution in [1.29, 1.82) is 0 Å². The van der Waals surface area contributed by atoms with Gasteiger partial charge in [-0.1, -0.05) is 12.1 Å². The van der Waals surface area contributed by atoms with E-state index in [-0.39, 0.29) is 11.8 Å². The van der Waals surface area contributed by atoms with Gasteiger partial charge in [0, 0.05) is 56.4 Å². The van der Waals surface area contributed by atoms with Gasteiger partial charge in [0.05, 0.1) is 0 Å². The van der Waals surface area contributed by atoms with Crippen molar-refractivity contribution < 1.29 is 9.59 Å². The molecule has 2 aromatic heterocycles. The monoisotopic (exact) mass is 374 g/mol. The van der Waals surface area contributed by atoms with Crippen LogP contribution in [-0.4, -0.2) is 33.3 Å². The lowest BCUT2D eigenvalue weighted by Crippen LogP contribution is -2.24. The Hall–Kier alpha value is -3.41. The summed E-state index contributed by atoms with van der Waals surface area (Å²) in [5.41, 5.74) is 4.12. The van der Waals surface area contributed by atoms with E-state index in [4.69, 9.17) is 0 Å². The van der Waals surface area contributed by atoms with E-state index < -0.39 is 0 Å². The Balaban J connectivity index is 1.46. The Morgan fingerprint density at radius 3 is 3.04 bits per heavy atom. The number of pyridine rings is 1. The van der Waals surface area contributed by atoms with Crippen LogP contribution in [0.15, 0.2) is 48.8 Å². The minimum absolute atomic E-state index is 0.00599. The number of rotatable bonds is 4. The van der Waals surface area contributed by atoms with Gasteiger partial charge < -0.3 is 14.8 Å². The molecule has 2 amide bonds. The molecule has 3 heterocycles. The van der Waals surface area contributed by atoms with Crippen molar-refractivity contribution in [1.82, 2.24) is 14.5 Å². The lowest BCUT2D eigenvalue weighted by Gasteiger charge is -2.17. The molecule has 4 rings (SSSR count). The molecule has 6 heteroatoms. The van der Waals surface area contributed by atoms with Gasteiger partial charge in [-0.3, -0.25) is 9.59 Å². The molecule has 0 aliphatic carbocycles. The maximum atomic E-state index is 12.6. The molecule has 142 valence electrons. The molecule has 0 fully saturated rings. The molecule has 0 atom stereocenters. The van der Waals surface area contributed by atoms with Crippen LogP contribution in [0.5, 0.6) is 0 Å². The average molecular weight is 374 g/mol. The summed E-state index contributed by atoms with van der Waals surface area (Å²) in [5.74, 6) is 0.542. The summed E-state index contributed by atoms with van der Waals surface area (Å²) in [5, 5.41) is 3.92. The zero-order valence-electron chi connectivity index (χ0n) is 16.0. The average Bonchev–Trinajstić information content (AvgIpc) is 3.08. The van der Waals surface area contributed by atoms with Crippen molar-refractivity contribution >= 4 is 34.6 Å². The van der Waals surface area contributed by atoms with Gasteiger partial charge in [0.15, 0.2) is 0 Å². The Morgan fingerprint density at radius 2 is 2.18 bits per heavy atom. The summed E-state index contributed by atoms with van der Waals surface area (Å²) in [7, 11) is 3.82. The van der Waals surface area contributed by atoms with Crippen LogP contribution >= 0.6 is 0 Å². The predicted octanol–water partition coefficient (Wildman–Crippen LogP) is 3.13. The van der Waals surface area contributed by atoms with Crippen LogP contribution in [-0.2, 0) is 29.6 Å². The van der Waals surface area contributed by atoms with Gasteiger partial charge in [0.2, 0.25) is 11.8 Å². The van der Waals surface area contributed by atoms with Crippen molar-refractivity contribution in [3.63, 3.8) is 0 Å². The highest BCUT2D eigenvalue weighted by atomic mass is 16.2. The normalized spacial score (nSPS) is 13.6. The fourth-order valence-corrected chi connectivity index (χ4v) is 3.50. The van der Waals surface area contributed by atoms with E-state index in [1.807, 2.05) is 25.4 Å². The minimum atomic E-state index is -0.0704. The number of hydrogen-bond acceptors (Lipinski definition) is 3. The van der Waals surface area contributed by atoms with Crippen molar-refractivity contribution in [2.24, 2.45) is 7.05 Å². The van der Waals surface area contributed by atoms with Gasteiger partial charge in [-0.25, -0.2) is 4.98 Å². The second-order valence-corrected chi connectivity index (χ2v) is 7.13. The molecule has 1 N–H and O–H groups in total. The van der Waals surface area contributed by atoms with E-state index in [1.54, 1.807) is 30.3 Å². The van der Waals surface area contributed by atoms with E-state index in [2.05, 4.69) is 33.1 Å². The molecule has 6 nitrogen and oxygen atoms in total. The van der Waals surface area contributed by atoms with E-state index in [0.29, 0.717) is 25.2 Å². The highest BCUT2D eigenvalue weighted by molar-refractivity contribution is 5.94. The molecule has 0 saturated heterocycles. The van der Waals surface area contributed by atoms with Crippen molar-refractivity contribution in [3.8, 4) is 0 Å². The molecular formula is C22H22N4O2. The van der Waals surface area contributed by atoms with Gasteiger partial charge in [0.25, 0.3) is 0 Å². The van der Waals surface area contributed by atoms with Crippen LogP contribution in [0.2, 0.25) is 0 Å². The Labute approximate surface area is 163 Å². The number of carbonyl (C=O) groups is 2. The summed E-state index contributed by atoms with van der Waals surface area (Å²) < 4.78 is 2.08. The molecule has 0 saturated carbocycles. The van der Waals surface area contributed by atoms with Crippen LogP contribution in [0.3, 0.4) is 0 Å². The van der Waals surface area contributed by atoms with E-state index >= 15 is 0 Å². The SMILES string of the molecule is CN(Cc1cccc2c1ccn2C)C(=O)C=Cc1cnc2c(c1)CCC(=O)N2. The molecule has 0 bridgehead atoms. The Kier molecular flexibility index (Phi) is 4.69. The lowest BCUT2D eigenvalue weighted by atomic mass is 10.0. The number of amides is 2. The summed E-state index contributed by atoms with van der Waals surface area (Å²) in [6.45, 7) is 0.541. The topological polar surface area (TPSA) is 67.2 Å². The number of fused-ring (bicyclic) bond motifs is 2. The zero-order chi connectivity index (χ0) is 19.7. The molecule has 1 aromatic carbocycles. The largest absolute Gasteiger partial charge is 0.351 e. The quantitative estimate of drug-likeness (QED) is 0.714. The number of carbonyl (C=O) groups excluding carboxylic acids is 2. The summed E-state index contributed by atoms with van der Waals surface area (Å²) >= 11 is 0.